The van der Waals surface area contributed by atoms with Crippen molar-refractivity contribution in [1.82, 2.24) is 0 Å². The maximum absolute atomic E-state index is 10.9. The normalized spacial score (nSPS) is 14.0. The lowest BCUT2D eigenvalue weighted by Gasteiger charge is -2.31. The Labute approximate surface area is 129 Å². The van der Waals surface area contributed by atoms with Gasteiger partial charge in [-0.25, -0.2) is 0 Å². The Kier molecular flexibility index (Phi) is 6.41. The van der Waals surface area contributed by atoms with E-state index in [9.17, 15) is 20.3 Å². The summed E-state index contributed by atoms with van der Waals surface area (Å²) in [6.07, 6.45) is -0.986. The topological polar surface area (TPSA) is 119 Å². The van der Waals surface area contributed by atoms with E-state index in [-0.39, 0.29) is 35.2 Å². The van der Waals surface area contributed by atoms with Crippen molar-refractivity contribution in [3.05, 3.63) is 27.8 Å². The van der Waals surface area contributed by atoms with Gasteiger partial charge in [-0.3, -0.25) is 10.1 Å². The van der Waals surface area contributed by atoms with Crippen LogP contribution in [-0.2, 0) is 0 Å². The number of methoxy groups -OCH3 is 1. The Morgan fingerprint density at radius 2 is 1.90 bits per heavy atom. The number of ether oxygens (including phenoxy) is 1. The Hall–Kier alpha value is -1.57. The molecule has 0 aliphatic carbocycles. The molecule has 0 radical (unpaired) electrons. The highest BCUT2D eigenvalue weighted by atomic mass is 35.5. The second kappa shape index (κ2) is 6.93. The number of non-ortho nitro benzene ring substituents is 1. The quantitative estimate of drug-likeness (QED) is 0.577. The standard InChI is InChI=1S/C13H20N2O5.ClH/c1-13(2,3)12(17)10(14)8-5-7(15(18)19)6-9(20-4)11(8)16;/h5-6,10,12,16-17H,14H2,1-4H3;1H/t10-,12-;/m0./s1. The molecule has 0 aliphatic heterocycles. The second-order valence-electron chi connectivity index (χ2n) is 5.68. The van der Waals surface area contributed by atoms with Crippen molar-refractivity contribution in [1.29, 1.82) is 0 Å². The number of nitrogens with two attached hydrogens (primary N) is 1. The predicted octanol–water partition coefficient (Wildman–Crippen LogP) is 2.14. The fourth-order valence-corrected chi connectivity index (χ4v) is 1.84. The van der Waals surface area contributed by atoms with Crippen molar-refractivity contribution in [3.8, 4) is 11.5 Å². The number of phenolic OH excluding ortho intramolecular Hbond substituents is 1. The molecule has 0 aliphatic rings. The summed E-state index contributed by atoms with van der Waals surface area (Å²) in [5, 5.41) is 31.1. The lowest BCUT2D eigenvalue weighted by Crippen LogP contribution is -2.37. The first-order valence-corrected chi connectivity index (χ1v) is 6.08. The van der Waals surface area contributed by atoms with Gasteiger partial charge in [0.05, 0.1) is 30.2 Å². The van der Waals surface area contributed by atoms with Crippen LogP contribution in [0.3, 0.4) is 0 Å². The van der Waals surface area contributed by atoms with Crippen LogP contribution in [0.2, 0.25) is 0 Å². The molecule has 0 unspecified atom stereocenters. The van der Waals surface area contributed by atoms with Crippen LogP contribution in [0.1, 0.15) is 32.4 Å². The number of halogens is 1. The van der Waals surface area contributed by atoms with Crippen molar-refractivity contribution in [2.24, 2.45) is 11.1 Å². The number of nitrogens with zero attached hydrogens (tertiary/aromatic N) is 1. The number of hydrogen-bond donors (Lipinski definition) is 3. The van der Waals surface area contributed by atoms with E-state index in [1.807, 2.05) is 0 Å². The van der Waals surface area contributed by atoms with Crippen LogP contribution in [0.25, 0.3) is 0 Å². The molecule has 0 spiro atoms. The van der Waals surface area contributed by atoms with Gasteiger partial charge in [-0.05, 0) is 5.41 Å². The van der Waals surface area contributed by atoms with Gasteiger partial charge < -0.3 is 20.7 Å². The van der Waals surface area contributed by atoms with Crippen LogP contribution in [0, 0.1) is 15.5 Å². The third kappa shape index (κ3) is 4.20. The number of phenols is 1. The molecular weight excluding hydrogens is 300 g/mol. The second-order valence-corrected chi connectivity index (χ2v) is 5.68. The fourth-order valence-electron chi connectivity index (χ4n) is 1.84. The number of benzene rings is 1. The summed E-state index contributed by atoms with van der Waals surface area (Å²) in [6.45, 7) is 5.34. The first-order chi connectivity index (χ1) is 9.09. The SMILES string of the molecule is COc1cc([N+](=O)[O-])cc([C@H](N)[C@H](O)C(C)(C)C)c1O.Cl. The summed E-state index contributed by atoms with van der Waals surface area (Å²) in [4.78, 5) is 10.3. The van der Waals surface area contributed by atoms with E-state index in [1.54, 1.807) is 20.8 Å². The third-order valence-electron chi connectivity index (χ3n) is 3.11. The van der Waals surface area contributed by atoms with Gasteiger partial charge >= 0.3 is 0 Å². The average molecular weight is 321 g/mol. The molecule has 7 nitrogen and oxygen atoms in total. The third-order valence-corrected chi connectivity index (χ3v) is 3.11. The van der Waals surface area contributed by atoms with Gasteiger partial charge in [-0.15, -0.1) is 12.4 Å². The van der Waals surface area contributed by atoms with E-state index in [4.69, 9.17) is 10.5 Å². The summed E-state index contributed by atoms with van der Waals surface area (Å²) in [7, 11) is 1.29. The number of aliphatic hydroxyl groups excluding tert-OH is 1. The van der Waals surface area contributed by atoms with Crippen LogP contribution >= 0.6 is 12.4 Å². The van der Waals surface area contributed by atoms with Gasteiger partial charge in [0.1, 0.15) is 0 Å². The van der Waals surface area contributed by atoms with Gasteiger partial charge in [-0.2, -0.15) is 0 Å². The van der Waals surface area contributed by atoms with Gasteiger partial charge in [0.15, 0.2) is 11.5 Å². The van der Waals surface area contributed by atoms with Crippen LogP contribution in [0.5, 0.6) is 11.5 Å². The largest absolute Gasteiger partial charge is 0.504 e. The molecule has 0 amide bonds. The Bertz CT molecular complexity index is 516. The molecule has 0 saturated heterocycles. The number of nitro benzene ring substituents is 1. The zero-order valence-corrected chi connectivity index (χ0v) is 13.2. The van der Waals surface area contributed by atoms with Crippen molar-refractivity contribution in [3.63, 3.8) is 0 Å². The molecule has 21 heavy (non-hydrogen) atoms. The van der Waals surface area contributed by atoms with Gasteiger partial charge in [0.2, 0.25) is 0 Å². The maximum atomic E-state index is 10.9. The molecule has 120 valence electrons. The molecule has 1 aromatic carbocycles. The minimum Gasteiger partial charge on any atom is -0.504 e. The summed E-state index contributed by atoms with van der Waals surface area (Å²) < 4.78 is 4.90. The van der Waals surface area contributed by atoms with Crippen LogP contribution in [0.15, 0.2) is 12.1 Å². The number of hydrogen-bond acceptors (Lipinski definition) is 6. The first kappa shape index (κ1) is 19.4. The predicted molar refractivity (Wildman–Crippen MR) is 81.0 cm³/mol. The van der Waals surface area contributed by atoms with Crippen LogP contribution in [-0.4, -0.2) is 28.4 Å². The first-order valence-electron chi connectivity index (χ1n) is 6.08. The number of aromatic hydroxyl groups is 1. The summed E-state index contributed by atoms with van der Waals surface area (Å²) in [6, 6.07) is 1.29. The smallest absolute Gasteiger partial charge is 0.273 e. The van der Waals surface area contributed by atoms with E-state index >= 15 is 0 Å². The zero-order valence-electron chi connectivity index (χ0n) is 12.4. The Balaban J connectivity index is 0.00000400. The number of rotatable bonds is 4. The van der Waals surface area contributed by atoms with E-state index in [2.05, 4.69) is 0 Å². The monoisotopic (exact) mass is 320 g/mol. The Morgan fingerprint density at radius 3 is 2.29 bits per heavy atom. The Morgan fingerprint density at radius 1 is 1.38 bits per heavy atom. The molecule has 4 N–H and O–H groups in total. The lowest BCUT2D eigenvalue weighted by molar-refractivity contribution is -0.385. The minimum atomic E-state index is -0.986. The van der Waals surface area contributed by atoms with Crippen molar-refractivity contribution >= 4 is 18.1 Å². The minimum absolute atomic E-state index is 0. The molecule has 8 heteroatoms. The lowest BCUT2D eigenvalue weighted by atomic mass is 9.82. The molecule has 2 atom stereocenters. The molecule has 1 rings (SSSR count). The van der Waals surface area contributed by atoms with E-state index < -0.39 is 22.5 Å². The average Bonchev–Trinajstić information content (AvgIpc) is 2.35. The van der Waals surface area contributed by atoms with E-state index in [0.29, 0.717) is 0 Å². The molecule has 0 saturated carbocycles. The van der Waals surface area contributed by atoms with Crippen LogP contribution in [0.4, 0.5) is 5.69 Å². The molecule has 0 aromatic heterocycles. The molecular formula is C13H21ClN2O5. The van der Waals surface area contributed by atoms with Crippen molar-refractivity contribution in [2.75, 3.05) is 7.11 Å². The summed E-state index contributed by atoms with van der Waals surface area (Å²) in [5.41, 5.74) is 5.22. The summed E-state index contributed by atoms with van der Waals surface area (Å²) >= 11 is 0. The zero-order chi connectivity index (χ0) is 15.7. The molecule has 0 bridgehead atoms. The number of nitro groups is 1. The van der Waals surface area contributed by atoms with E-state index in [1.165, 1.54) is 7.11 Å². The van der Waals surface area contributed by atoms with Crippen molar-refractivity contribution < 1.29 is 19.9 Å². The van der Waals surface area contributed by atoms with Gasteiger partial charge in [0, 0.05) is 11.6 Å². The van der Waals surface area contributed by atoms with E-state index in [0.717, 1.165) is 12.1 Å². The van der Waals surface area contributed by atoms with Crippen molar-refractivity contribution in [2.45, 2.75) is 32.9 Å². The molecule has 1 aromatic rings. The number of aliphatic hydroxyl groups is 1. The summed E-state index contributed by atoms with van der Waals surface area (Å²) in [5.74, 6) is -0.348. The highest BCUT2D eigenvalue weighted by Gasteiger charge is 2.32. The van der Waals surface area contributed by atoms with Crippen LogP contribution < -0.4 is 10.5 Å². The van der Waals surface area contributed by atoms with Gasteiger partial charge in [0.25, 0.3) is 5.69 Å². The van der Waals surface area contributed by atoms with Gasteiger partial charge in [-0.1, -0.05) is 20.8 Å². The molecule has 0 heterocycles. The maximum Gasteiger partial charge on any atom is 0.273 e. The fraction of sp³-hybridized carbons (Fsp3) is 0.538. The molecule has 0 fully saturated rings. The highest BCUT2D eigenvalue weighted by molar-refractivity contribution is 5.85. The highest BCUT2D eigenvalue weighted by Crippen LogP contribution is 2.40.